The molecule has 0 spiro atoms. The molecular formula is C17H23Cl2N. The van der Waals surface area contributed by atoms with Crippen LogP contribution in [0.5, 0.6) is 0 Å². The Morgan fingerprint density at radius 2 is 1.80 bits per heavy atom. The van der Waals surface area contributed by atoms with Gasteiger partial charge in [0.15, 0.2) is 0 Å². The number of nitrogens with one attached hydrogen (secondary N) is 1. The predicted octanol–water partition coefficient (Wildman–Crippen LogP) is 5.41. The molecule has 2 unspecified atom stereocenters. The molecule has 2 aliphatic carbocycles. The molecule has 2 aliphatic rings. The Labute approximate surface area is 132 Å². The lowest BCUT2D eigenvalue weighted by Crippen LogP contribution is -2.28. The molecule has 2 atom stereocenters. The summed E-state index contributed by atoms with van der Waals surface area (Å²) in [6, 6.07) is 6.89. The van der Waals surface area contributed by atoms with E-state index in [2.05, 4.69) is 11.4 Å². The first kappa shape index (κ1) is 14.7. The highest BCUT2D eigenvalue weighted by Gasteiger charge is 2.29. The lowest BCUT2D eigenvalue weighted by Gasteiger charge is -2.27. The highest BCUT2D eigenvalue weighted by molar-refractivity contribution is 6.42. The standard InChI is InChI=1S/C17H23Cl2N/c18-16-8-4-7-15(17(16)19)14-6-3-1-2-5-12(14)11-20-13-9-10-13/h4,7-8,12-14,20H,1-3,5-6,9-11H2. The molecule has 0 radical (unpaired) electrons. The molecule has 110 valence electrons. The van der Waals surface area contributed by atoms with E-state index in [-0.39, 0.29) is 0 Å². The van der Waals surface area contributed by atoms with Crippen LogP contribution in [-0.4, -0.2) is 12.6 Å². The van der Waals surface area contributed by atoms with Crippen LogP contribution in [0.15, 0.2) is 18.2 Å². The van der Waals surface area contributed by atoms with Crippen molar-refractivity contribution in [2.24, 2.45) is 5.92 Å². The number of hydrogen-bond donors (Lipinski definition) is 1. The summed E-state index contributed by atoms with van der Waals surface area (Å²) in [5, 5.41) is 5.18. The fraction of sp³-hybridized carbons (Fsp3) is 0.647. The summed E-state index contributed by atoms with van der Waals surface area (Å²) in [6.45, 7) is 1.14. The van der Waals surface area contributed by atoms with Crippen LogP contribution in [0.1, 0.15) is 56.4 Å². The lowest BCUT2D eigenvalue weighted by molar-refractivity contribution is 0.374. The Hall–Kier alpha value is -0.240. The van der Waals surface area contributed by atoms with Gasteiger partial charge in [0.05, 0.1) is 10.0 Å². The Morgan fingerprint density at radius 3 is 2.60 bits per heavy atom. The maximum Gasteiger partial charge on any atom is 0.0627 e. The third-order valence-corrected chi connectivity index (χ3v) is 5.62. The zero-order chi connectivity index (χ0) is 13.9. The second-order valence-electron chi connectivity index (χ2n) is 6.33. The largest absolute Gasteiger partial charge is 0.314 e. The minimum atomic E-state index is 0.565. The van der Waals surface area contributed by atoms with Crippen LogP contribution in [0.25, 0.3) is 0 Å². The van der Waals surface area contributed by atoms with Crippen LogP contribution >= 0.6 is 23.2 Å². The highest BCUT2D eigenvalue weighted by Crippen LogP contribution is 2.41. The number of hydrogen-bond acceptors (Lipinski definition) is 1. The van der Waals surface area contributed by atoms with E-state index >= 15 is 0 Å². The van der Waals surface area contributed by atoms with Gasteiger partial charge in [-0.3, -0.25) is 0 Å². The van der Waals surface area contributed by atoms with E-state index in [1.807, 2.05) is 12.1 Å². The number of benzene rings is 1. The van der Waals surface area contributed by atoms with E-state index < -0.39 is 0 Å². The Bertz CT molecular complexity index is 456. The van der Waals surface area contributed by atoms with Crippen molar-refractivity contribution in [2.75, 3.05) is 6.54 Å². The minimum Gasteiger partial charge on any atom is -0.314 e. The molecule has 0 heterocycles. The molecule has 20 heavy (non-hydrogen) atoms. The summed E-state index contributed by atoms with van der Waals surface area (Å²) in [7, 11) is 0. The number of halogens is 2. The van der Waals surface area contributed by atoms with Crippen molar-refractivity contribution in [3.8, 4) is 0 Å². The van der Waals surface area contributed by atoms with E-state index in [0.29, 0.717) is 16.9 Å². The molecule has 0 aromatic heterocycles. The van der Waals surface area contributed by atoms with Crippen LogP contribution in [0.4, 0.5) is 0 Å². The van der Waals surface area contributed by atoms with Gasteiger partial charge in [-0.25, -0.2) is 0 Å². The van der Waals surface area contributed by atoms with Crippen molar-refractivity contribution < 1.29 is 0 Å². The molecule has 1 N–H and O–H groups in total. The van der Waals surface area contributed by atoms with E-state index in [4.69, 9.17) is 23.2 Å². The first-order chi connectivity index (χ1) is 9.75. The van der Waals surface area contributed by atoms with Gasteiger partial charge in [-0.05, 0) is 55.7 Å². The van der Waals surface area contributed by atoms with Gasteiger partial charge < -0.3 is 5.32 Å². The molecule has 3 rings (SSSR count). The van der Waals surface area contributed by atoms with Gasteiger partial charge in [-0.1, -0.05) is 54.6 Å². The van der Waals surface area contributed by atoms with E-state index in [0.717, 1.165) is 17.6 Å². The van der Waals surface area contributed by atoms with Gasteiger partial charge in [-0.15, -0.1) is 0 Å². The van der Waals surface area contributed by atoms with Crippen LogP contribution in [0, 0.1) is 5.92 Å². The topological polar surface area (TPSA) is 12.0 Å². The third kappa shape index (κ3) is 3.50. The maximum absolute atomic E-state index is 6.47. The Morgan fingerprint density at radius 1 is 1.00 bits per heavy atom. The summed E-state index contributed by atoms with van der Waals surface area (Å²) in [4.78, 5) is 0. The predicted molar refractivity (Wildman–Crippen MR) is 86.8 cm³/mol. The molecule has 0 aliphatic heterocycles. The van der Waals surface area contributed by atoms with Crippen LogP contribution in [-0.2, 0) is 0 Å². The zero-order valence-corrected chi connectivity index (χ0v) is 13.4. The summed E-state index contributed by atoms with van der Waals surface area (Å²) in [5.41, 5.74) is 1.27. The summed E-state index contributed by atoms with van der Waals surface area (Å²) in [6.07, 6.45) is 9.29. The summed E-state index contributed by atoms with van der Waals surface area (Å²) in [5.74, 6) is 1.27. The lowest BCUT2D eigenvalue weighted by atomic mass is 9.82. The average molecular weight is 312 g/mol. The molecule has 3 heteroatoms. The second-order valence-corrected chi connectivity index (χ2v) is 7.12. The van der Waals surface area contributed by atoms with Crippen LogP contribution in [0.3, 0.4) is 0 Å². The highest BCUT2D eigenvalue weighted by atomic mass is 35.5. The SMILES string of the molecule is Clc1cccc(C2CCCCCC2CNC2CC2)c1Cl. The molecule has 0 amide bonds. The third-order valence-electron chi connectivity index (χ3n) is 4.79. The van der Waals surface area contributed by atoms with Gasteiger partial charge in [0.25, 0.3) is 0 Å². The van der Waals surface area contributed by atoms with Crippen molar-refractivity contribution in [1.82, 2.24) is 5.32 Å². The summed E-state index contributed by atoms with van der Waals surface area (Å²) < 4.78 is 0. The van der Waals surface area contributed by atoms with Gasteiger partial charge in [0.1, 0.15) is 0 Å². The minimum absolute atomic E-state index is 0.565. The van der Waals surface area contributed by atoms with Gasteiger partial charge in [0.2, 0.25) is 0 Å². The Kier molecular flexibility index (Phi) is 4.91. The zero-order valence-electron chi connectivity index (χ0n) is 11.9. The molecule has 0 bridgehead atoms. The fourth-order valence-corrected chi connectivity index (χ4v) is 3.90. The smallest absolute Gasteiger partial charge is 0.0627 e. The molecule has 1 aromatic carbocycles. The average Bonchev–Trinajstić information content (AvgIpc) is 3.26. The van der Waals surface area contributed by atoms with Crippen molar-refractivity contribution in [1.29, 1.82) is 0 Å². The van der Waals surface area contributed by atoms with E-state index in [1.54, 1.807) is 0 Å². The van der Waals surface area contributed by atoms with Crippen LogP contribution in [0.2, 0.25) is 10.0 Å². The number of rotatable bonds is 4. The van der Waals surface area contributed by atoms with Crippen molar-refractivity contribution in [3.63, 3.8) is 0 Å². The molecular weight excluding hydrogens is 289 g/mol. The quantitative estimate of drug-likeness (QED) is 0.733. The first-order valence-corrected chi connectivity index (χ1v) is 8.68. The van der Waals surface area contributed by atoms with Crippen molar-refractivity contribution in [2.45, 2.75) is 56.9 Å². The van der Waals surface area contributed by atoms with E-state index in [1.165, 1.54) is 50.5 Å². The molecule has 2 saturated carbocycles. The molecule has 2 fully saturated rings. The molecule has 1 aromatic rings. The van der Waals surface area contributed by atoms with Crippen molar-refractivity contribution >= 4 is 23.2 Å². The summed E-state index contributed by atoms with van der Waals surface area (Å²) >= 11 is 12.7. The second kappa shape index (κ2) is 6.68. The van der Waals surface area contributed by atoms with Crippen molar-refractivity contribution in [3.05, 3.63) is 33.8 Å². The van der Waals surface area contributed by atoms with Gasteiger partial charge in [-0.2, -0.15) is 0 Å². The fourth-order valence-electron chi connectivity index (χ4n) is 3.45. The van der Waals surface area contributed by atoms with E-state index in [9.17, 15) is 0 Å². The van der Waals surface area contributed by atoms with Crippen LogP contribution < -0.4 is 5.32 Å². The Balaban J connectivity index is 1.79. The molecule has 1 nitrogen and oxygen atoms in total. The monoisotopic (exact) mass is 311 g/mol. The maximum atomic E-state index is 6.47. The normalized spacial score (nSPS) is 27.3. The van der Waals surface area contributed by atoms with Gasteiger partial charge >= 0.3 is 0 Å². The van der Waals surface area contributed by atoms with Gasteiger partial charge in [0, 0.05) is 6.04 Å². The first-order valence-electron chi connectivity index (χ1n) is 7.93. The molecule has 0 saturated heterocycles.